The van der Waals surface area contributed by atoms with E-state index in [-0.39, 0.29) is 17.4 Å². The van der Waals surface area contributed by atoms with Gasteiger partial charge in [-0.15, -0.1) is 0 Å². The number of nitrogens with zero attached hydrogens (tertiary/aromatic N) is 5. The Hall–Kier alpha value is -3.88. The Labute approximate surface area is 186 Å². The molecule has 1 aliphatic rings. The highest BCUT2D eigenvalue weighted by atomic mass is 16.6. The van der Waals surface area contributed by atoms with Gasteiger partial charge in [0.15, 0.2) is 0 Å². The van der Waals surface area contributed by atoms with E-state index in [2.05, 4.69) is 21.8 Å². The number of rotatable bonds is 7. The molecule has 32 heavy (non-hydrogen) atoms. The molecule has 0 amide bonds. The molecule has 9 heteroatoms. The zero-order chi connectivity index (χ0) is 22.5. The summed E-state index contributed by atoms with van der Waals surface area (Å²) in [5.74, 6) is 1.53. The van der Waals surface area contributed by atoms with Crippen molar-refractivity contribution in [3.8, 4) is 17.4 Å². The van der Waals surface area contributed by atoms with Crippen molar-refractivity contribution < 1.29 is 14.4 Å². The van der Waals surface area contributed by atoms with Gasteiger partial charge in [0.05, 0.1) is 12.0 Å². The van der Waals surface area contributed by atoms with Crippen LogP contribution in [0.2, 0.25) is 0 Å². The highest BCUT2D eigenvalue weighted by Gasteiger charge is 2.30. The number of aromatic nitrogens is 2. The summed E-state index contributed by atoms with van der Waals surface area (Å²) in [5, 5.41) is 11.9. The minimum Gasteiger partial charge on any atom is -0.497 e. The molecule has 1 aliphatic heterocycles. The highest BCUT2D eigenvalue weighted by Crippen LogP contribution is 2.36. The number of methoxy groups -OCH3 is 1. The van der Waals surface area contributed by atoms with Crippen LogP contribution in [0.25, 0.3) is 0 Å². The van der Waals surface area contributed by atoms with Gasteiger partial charge in [0, 0.05) is 31.9 Å². The fourth-order valence-corrected chi connectivity index (χ4v) is 3.69. The van der Waals surface area contributed by atoms with Gasteiger partial charge >= 0.3 is 11.6 Å². The molecule has 0 spiro atoms. The average molecular weight is 435 g/mol. The van der Waals surface area contributed by atoms with E-state index in [4.69, 9.17) is 9.47 Å². The van der Waals surface area contributed by atoms with Crippen LogP contribution in [0.5, 0.6) is 17.4 Å². The van der Waals surface area contributed by atoms with Gasteiger partial charge in [-0.25, -0.2) is 4.98 Å². The standard InChI is InChI=1S/C23H25N5O4/c1-3-17-4-8-20(9-5-17)32-23-21(28(29)30)22(24-16-25-23)27-14-12-26(13-15-27)18-6-10-19(31-2)11-7-18/h4-11,16H,3,12-15H2,1-2H3. The normalized spacial score (nSPS) is 13.7. The summed E-state index contributed by atoms with van der Waals surface area (Å²) in [6, 6.07) is 15.3. The first-order valence-electron chi connectivity index (χ1n) is 10.5. The van der Waals surface area contributed by atoms with E-state index >= 15 is 0 Å². The monoisotopic (exact) mass is 435 g/mol. The smallest absolute Gasteiger partial charge is 0.373 e. The van der Waals surface area contributed by atoms with Crippen LogP contribution >= 0.6 is 0 Å². The van der Waals surface area contributed by atoms with Gasteiger partial charge in [-0.3, -0.25) is 10.1 Å². The van der Waals surface area contributed by atoms with Crippen molar-refractivity contribution in [3.05, 3.63) is 70.5 Å². The van der Waals surface area contributed by atoms with Crippen molar-refractivity contribution in [1.82, 2.24) is 9.97 Å². The maximum Gasteiger partial charge on any atom is 0.373 e. The van der Waals surface area contributed by atoms with Crippen LogP contribution in [0, 0.1) is 10.1 Å². The van der Waals surface area contributed by atoms with Crippen LogP contribution in [0.1, 0.15) is 12.5 Å². The first-order valence-corrected chi connectivity index (χ1v) is 10.5. The van der Waals surface area contributed by atoms with E-state index in [0.717, 1.165) is 23.4 Å². The molecule has 0 atom stereocenters. The summed E-state index contributed by atoms with van der Waals surface area (Å²) in [5.41, 5.74) is 2.03. The van der Waals surface area contributed by atoms with E-state index in [9.17, 15) is 10.1 Å². The molecule has 3 aromatic rings. The van der Waals surface area contributed by atoms with Crippen molar-refractivity contribution in [3.63, 3.8) is 0 Å². The van der Waals surface area contributed by atoms with Crippen molar-refractivity contribution >= 4 is 17.2 Å². The van der Waals surface area contributed by atoms with Crippen molar-refractivity contribution in [2.75, 3.05) is 43.1 Å². The third-order valence-corrected chi connectivity index (χ3v) is 5.51. The molecule has 166 valence electrons. The number of hydrogen-bond acceptors (Lipinski definition) is 8. The molecular formula is C23H25N5O4. The molecule has 0 saturated carbocycles. The predicted octanol–water partition coefficient (Wildman–Crippen LogP) is 4.07. The molecule has 0 bridgehead atoms. The Kier molecular flexibility index (Phi) is 6.34. The van der Waals surface area contributed by atoms with Gasteiger partial charge in [-0.2, -0.15) is 4.98 Å². The molecule has 0 N–H and O–H groups in total. The summed E-state index contributed by atoms with van der Waals surface area (Å²) in [6.07, 6.45) is 2.22. The number of hydrogen-bond donors (Lipinski definition) is 0. The predicted molar refractivity (Wildman–Crippen MR) is 122 cm³/mol. The highest BCUT2D eigenvalue weighted by molar-refractivity contribution is 5.64. The van der Waals surface area contributed by atoms with Crippen LogP contribution in [-0.2, 0) is 6.42 Å². The van der Waals surface area contributed by atoms with Gasteiger partial charge in [0.25, 0.3) is 0 Å². The van der Waals surface area contributed by atoms with Gasteiger partial charge in [0.2, 0.25) is 5.82 Å². The molecule has 0 aliphatic carbocycles. The number of ether oxygens (including phenoxy) is 2. The lowest BCUT2D eigenvalue weighted by molar-refractivity contribution is -0.385. The summed E-state index contributed by atoms with van der Waals surface area (Å²) >= 11 is 0. The Morgan fingerprint density at radius 1 is 0.938 bits per heavy atom. The molecule has 9 nitrogen and oxygen atoms in total. The SMILES string of the molecule is CCc1ccc(Oc2ncnc(N3CCN(c4ccc(OC)cc4)CC3)c2[N+](=O)[O-])cc1. The lowest BCUT2D eigenvalue weighted by Crippen LogP contribution is -2.47. The summed E-state index contributed by atoms with van der Waals surface area (Å²) in [7, 11) is 1.64. The Balaban J connectivity index is 1.52. The van der Waals surface area contributed by atoms with E-state index in [1.807, 2.05) is 41.3 Å². The Bertz CT molecular complexity index is 1060. The topological polar surface area (TPSA) is 93.9 Å². The molecule has 4 rings (SSSR count). The largest absolute Gasteiger partial charge is 0.497 e. The molecule has 2 heterocycles. The van der Waals surface area contributed by atoms with Crippen molar-refractivity contribution in [2.45, 2.75) is 13.3 Å². The van der Waals surface area contributed by atoms with E-state index in [1.165, 1.54) is 6.33 Å². The van der Waals surface area contributed by atoms with Crippen LogP contribution in [-0.4, -0.2) is 48.2 Å². The second-order valence-corrected chi connectivity index (χ2v) is 7.38. The Morgan fingerprint density at radius 3 is 2.16 bits per heavy atom. The maximum atomic E-state index is 11.9. The maximum absolute atomic E-state index is 11.9. The number of aryl methyl sites for hydroxylation is 1. The van der Waals surface area contributed by atoms with Gasteiger partial charge < -0.3 is 19.3 Å². The fraction of sp³-hybridized carbons (Fsp3) is 0.304. The Morgan fingerprint density at radius 2 is 1.56 bits per heavy atom. The minimum atomic E-state index is -0.471. The average Bonchev–Trinajstić information content (AvgIpc) is 2.84. The van der Waals surface area contributed by atoms with Crippen LogP contribution in [0.3, 0.4) is 0 Å². The third kappa shape index (κ3) is 4.56. The van der Waals surface area contributed by atoms with Crippen LogP contribution in [0.15, 0.2) is 54.9 Å². The van der Waals surface area contributed by atoms with E-state index in [1.54, 1.807) is 19.2 Å². The molecule has 0 radical (unpaired) electrons. The van der Waals surface area contributed by atoms with E-state index in [0.29, 0.717) is 31.9 Å². The first kappa shape index (κ1) is 21.4. The molecule has 1 fully saturated rings. The summed E-state index contributed by atoms with van der Waals surface area (Å²) in [6.45, 7) is 4.67. The molecule has 0 unspecified atom stereocenters. The summed E-state index contributed by atoms with van der Waals surface area (Å²) < 4.78 is 11.0. The molecule has 2 aromatic carbocycles. The third-order valence-electron chi connectivity index (χ3n) is 5.51. The lowest BCUT2D eigenvalue weighted by atomic mass is 10.2. The number of piperazine rings is 1. The number of benzene rings is 2. The number of anilines is 2. The number of nitro groups is 1. The molecular weight excluding hydrogens is 410 g/mol. The second kappa shape index (κ2) is 9.51. The van der Waals surface area contributed by atoms with Crippen LogP contribution in [0.4, 0.5) is 17.2 Å². The second-order valence-electron chi connectivity index (χ2n) is 7.38. The first-order chi connectivity index (χ1) is 15.6. The zero-order valence-corrected chi connectivity index (χ0v) is 18.1. The van der Waals surface area contributed by atoms with E-state index < -0.39 is 4.92 Å². The zero-order valence-electron chi connectivity index (χ0n) is 18.1. The summed E-state index contributed by atoms with van der Waals surface area (Å²) in [4.78, 5) is 23.9. The fourth-order valence-electron chi connectivity index (χ4n) is 3.69. The van der Waals surface area contributed by atoms with Gasteiger partial charge in [-0.1, -0.05) is 19.1 Å². The lowest BCUT2D eigenvalue weighted by Gasteiger charge is -2.36. The van der Waals surface area contributed by atoms with Crippen molar-refractivity contribution in [2.24, 2.45) is 0 Å². The van der Waals surface area contributed by atoms with Crippen LogP contribution < -0.4 is 19.3 Å². The van der Waals surface area contributed by atoms with Gasteiger partial charge in [0.1, 0.15) is 17.8 Å². The molecule has 1 aromatic heterocycles. The molecule has 1 saturated heterocycles. The quantitative estimate of drug-likeness (QED) is 0.405. The minimum absolute atomic E-state index is 0.0539. The van der Waals surface area contributed by atoms with Crippen molar-refractivity contribution in [1.29, 1.82) is 0 Å². The van der Waals surface area contributed by atoms with Gasteiger partial charge in [-0.05, 0) is 48.4 Å².